The van der Waals surface area contributed by atoms with Crippen molar-refractivity contribution in [3.63, 3.8) is 0 Å². The Morgan fingerprint density at radius 2 is 1.77 bits per heavy atom. The van der Waals surface area contributed by atoms with Crippen molar-refractivity contribution in [2.75, 3.05) is 16.5 Å². The molecule has 3 rings (SSSR count). The molecule has 0 unspecified atom stereocenters. The zero-order chi connectivity index (χ0) is 18.5. The second kappa shape index (κ2) is 7.47. The molecule has 8 heteroatoms. The Hall–Kier alpha value is -3.68. The van der Waals surface area contributed by atoms with E-state index in [1.165, 1.54) is 6.33 Å². The van der Waals surface area contributed by atoms with Gasteiger partial charge >= 0.3 is 0 Å². The van der Waals surface area contributed by atoms with Gasteiger partial charge in [0.1, 0.15) is 12.0 Å². The number of nitrogens with one attached hydrogen (secondary N) is 3. The molecular weight excluding hydrogens is 330 g/mol. The maximum absolute atomic E-state index is 12.1. The monoisotopic (exact) mass is 349 g/mol. The summed E-state index contributed by atoms with van der Waals surface area (Å²) in [5, 5.41) is 3.20. The average molecular weight is 349 g/mol. The standard InChI is InChI=1S/C18H19N7O/c1-11-3-4-12(2)14(9-11)23-16-15(19)17(22-10-21-16)24-25-18(26)13-5-7-20-8-6-13/h3-10H,19H2,1-2H3,(H,25,26)(H2,21,22,23,24). The van der Waals surface area contributed by atoms with Crippen molar-refractivity contribution < 1.29 is 4.79 Å². The Balaban J connectivity index is 1.75. The molecule has 0 saturated carbocycles. The normalized spacial score (nSPS) is 10.2. The van der Waals surface area contributed by atoms with Crippen LogP contribution in [-0.4, -0.2) is 20.9 Å². The molecule has 8 nitrogen and oxygen atoms in total. The first-order valence-corrected chi connectivity index (χ1v) is 7.95. The van der Waals surface area contributed by atoms with Gasteiger partial charge in [-0.15, -0.1) is 0 Å². The van der Waals surface area contributed by atoms with Crippen LogP contribution in [0.15, 0.2) is 49.1 Å². The molecule has 3 aromatic rings. The number of pyridine rings is 1. The van der Waals surface area contributed by atoms with Crippen LogP contribution in [0.25, 0.3) is 0 Å². The van der Waals surface area contributed by atoms with E-state index in [0.29, 0.717) is 22.9 Å². The van der Waals surface area contributed by atoms with Crippen LogP contribution in [-0.2, 0) is 0 Å². The number of hydrogen-bond acceptors (Lipinski definition) is 7. The molecule has 0 spiro atoms. The third-order valence-corrected chi connectivity index (χ3v) is 3.77. The van der Waals surface area contributed by atoms with Crippen LogP contribution in [0.3, 0.4) is 0 Å². The molecule has 1 aromatic carbocycles. The van der Waals surface area contributed by atoms with Crippen molar-refractivity contribution in [1.29, 1.82) is 0 Å². The number of aromatic nitrogens is 3. The van der Waals surface area contributed by atoms with Gasteiger partial charge in [-0.2, -0.15) is 0 Å². The lowest BCUT2D eigenvalue weighted by Gasteiger charge is -2.14. The minimum Gasteiger partial charge on any atom is -0.393 e. The summed E-state index contributed by atoms with van der Waals surface area (Å²) in [5.74, 6) is 0.430. The van der Waals surface area contributed by atoms with E-state index in [-0.39, 0.29) is 5.91 Å². The number of benzene rings is 1. The number of rotatable bonds is 5. The fourth-order valence-corrected chi connectivity index (χ4v) is 2.28. The van der Waals surface area contributed by atoms with Crippen molar-refractivity contribution in [3.8, 4) is 0 Å². The van der Waals surface area contributed by atoms with Crippen LogP contribution in [0, 0.1) is 13.8 Å². The first-order chi connectivity index (χ1) is 12.5. The highest BCUT2D eigenvalue weighted by Crippen LogP contribution is 2.27. The highest BCUT2D eigenvalue weighted by molar-refractivity contribution is 5.95. The van der Waals surface area contributed by atoms with Crippen LogP contribution in [0.5, 0.6) is 0 Å². The Morgan fingerprint density at radius 3 is 2.54 bits per heavy atom. The number of amides is 1. The van der Waals surface area contributed by atoms with E-state index >= 15 is 0 Å². The Bertz CT molecular complexity index is 928. The fraction of sp³-hybridized carbons (Fsp3) is 0.111. The summed E-state index contributed by atoms with van der Waals surface area (Å²) in [6.45, 7) is 4.00. The van der Waals surface area contributed by atoms with Crippen molar-refractivity contribution >= 4 is 28.9 Å². The van der Waals surface area contributed by atoms with Gasteiger partial charge in [0.05, 0.1) is 0 Å². The molecule has 0 bridgehead atoms. The molecule has 0 saturated heterocycles. The van der Waals surface area contributed by atoms with Gasteiger partial charge in [-0.1, -0.05) is 12.1 Å². The molecular formula is C18H19N7O. The topological polar surface area (TPSA) is 118 Å². The molecule has 0 radical (unpaired) electrons. The smallest absolute Gasteiger partial charge is 0.269 e. The minimum absolute atomic E-state index is 0.295. The number of nitrogens with two attached hydrogens (primary N) is 1. The Labute approximate surface area is 150 Å². The van der Waals surface area contributed by atoms with E-state index < -0.39 is 0 Å². The maximum atomic E-state index is 12.1. The molecule has 132 valence electrons. The third kappa shape index (κ3) is 3.86. The summed E-state index contributed by atoms with van der Waals surface area (Å²) >= 11 is 0. The summed E-state index contributed by atoms with van der Waals surface area (Å²) in [7, 11) is 0. The SMILES string of the molecule is Cc1ccc(C)c(Nc2ncnc(NNC(=O)c3ccncc3)c2N)c1. The van der Waals surface area contributed by atoms with E-state index in [9.17, 15) is 4.79 Å². The maximum Gasteiger partial charge on any atom is 0.269 e. The summed E-state index contributed by atoms with van der Waals surface area (Å²) in [5.41, 5.74) is 15.3. The molecule has 1 amide bonds. The second-order valence-electron chi connectivity index (χ2n) is 5.74. The summed E-state index contributed by atoms with van der Waals surface area (Å²) in [6, 6.07) is 9.27. The number of nitrogen functional groups attached to an aromatic ring is 1. The lowest BCUT2D eigenvalue weighted by molar-refractivity contribution is 0.0962. The Kier molecular flexibility index (Phi) is 4.93. The van der Waals surface area contributed by atoms with Crippen LogP contribution in [0.4, 0.5) is 23.0 Å². The molecule has 2 aromatic heterocycles. The zero-order valence-corrected chi connectivity index (χ0v) is 14.4. The largest absolute Gasteiger partial charge is 0.393 e. The van der Waals surface area contributed by atoms with Gasteiger partial charge in [0, 0.05) is 23.6 Å². The number of hydrogen-bond donors (Lipinski definition) is 4. The van der Waals surface area contributed by atoms with Crippen LogP contribution in [0.2, 0.25) is 0 Å². The van der Waals surface area contributed by atoms with Gasteiger partial charge in [-0.25, -0.2) is 9.97 Å². The highest BCUT2D eigenvalue weighted by atomic mass is 16.2. The van der Waals surface area contributed by atoms with Gasteiger partial charge in [0.2, 0.25) is 0 Å². The number of carbonyl (C=O) groups is 1. The summed E-state index contributed by atoms with van der Waals surface area (Å²) in [6.07, 6.45) is 4.45. The molecule has 0 aliphatic carbocycles. The third-order valence-electron chi connectivity index (χ3n) is 3.77. The second-order valence-corrected chi connectivity index (χ2v) is 5.74. The average Bonchev–Trinajstić information content (AvgIpc) is 2.66. The van der Waals surface area contributed by atoms with Gasteiger partial charge in [-0.3, -0.25) is 20.6 Å². The van der Waals surface area contributed by atoms with Gasteiger partial charge in [0.25, 0.3) is 5.91 Å². The quantitative estimate of drug-likeness (QED) is 0.523. The summed E-state index contributed by atoms with van der Waals surface area (Å²) < 4.78 is 0. The van der Waals surface area contributed by atoms with Gasteiger partial charge in [0.15, 0.2) is 11.6 Å². The van der Waals surface area contributed by atoms with Crippen LogP contribution >= 0.6 is 0 Å². The molecule has 0 aliphatic heterocycles. The number of carbonyl (C=O) groups excluding carboxylic acids is 1. The van der Waals surface area contributed by atoms with E-state index in [1.54, 1.807) is 24.5 Å². The van der Waals surface area contributed by atoms with Gasteiger partial charge in [-0.05, 0) is 43.2 Å². The zero-order valence-electron chi connectivity index (χ0n) is 14.4. The van der Waals surface area contributed by atoms with E-state index in [0.717, 1.165) is 16.8 Å². The minimum atomic E-state index is -0.325. The van der Waals surface area contributed by atoms with Crippen molar-refractivity contribution in [2.24, 2.45) is 0 Å². The van der Waals surface area contributed by atoms with E-state index in [1.807, 2.05) is 32.0 Å². The van der Waals surface area contributed by atoms with E-state index in [2.05, 4.69) is 31.1 Å². The molecule has 2 heterocycles. The van der Waals surface area contributed by atoms with Crippen molar-refractivity contribution in [2.45, 2.75) is 13.8 Å². The lowest BCUT2D eigenvalue weighted by atomic mass is 10.1. The fourth-order valence-electron chi connectivity index (χ4n) is 2.28. The highest BCUT2D eigenvalue weighted by Gasteiger charge is 2.11. The molecule has 0 fully saturated rings. The first kappa shape index (κ1) is 17.2. The predicted octanol–water partition coefficient (Wildman–Crippen LogP) is 2.57. The number of nitrogens with zero attached hydrogens (tertiary/aromatic N) is 3. The number of hydrazine groups is 1. The lowest BCUT2D eigenvalue weighted by Crippen LogP contribution is -2.30. The number of aryl methyl sites for hydroxylation is 2. The molecule has 0 atom stereocenters. The number of anilines is 4. The van der Waals surface area contributed by atoms with Crippen molar-refractivity contribution in [1.82, 2.24) is 20.4 Å². The van der Waals surface area contributed by atoms with Crippen LogP contribution in [0.1, 0.15) is 21.5 Å². The van der Waals surface area contributed by atoms with Crippen LogP contribution < -0.4 is 21.9 Å². The Morgan fingerprint density at radius 1 is 1.04 bits per heavy atom. The van der Waals surface area contributed by atoms with E-state index in [4.69, 9.17) is 5.73 Å². The molecule has 0 aliphatic rings. The predicted molar refractivity (Wildman–Crippen MR) is 101 cm³/mol. The summed E-state index contributed by atoms with van der Waals surface area (Å²) in [4.78, 5) is 24.2. The van der Waals surface area contributed by atoms with Gasteiger partial charge < -0.3 is 11.1 Å². The first-order valence-electron chi connectivity index (χ1n) is 7.95. The van der Waals surface area contributed by atoms with Crippen molar-refractivity contribution in [3.05, 3.63) is 65.7 Å². The molecule has 5 N–H and O–H groups in total. The molecule has 26 heavy (non-hydrogen) atoms.